The third kappa shape index (κ3) is 3.35. The number of aromatic nitrogens is 2. The molecule has 0 bridgehead atoms. The van der Waals surface area contributed by atoms with Gasteiger partial charge in [-0.25, -0.2) is 0 Å². The normalized spacial score (nSPS) is 30.6. The Labute approximate surface area is 147 Å². The molecule has 2 aliphatic heterocycles. The van der Waals surface area contributed by atoms with Crippen LogP contribution in [-0.2, 0) is 18.9 Å². The van der Waals surface area contributed by atoms with Crippen LogP contribution in [0.3, 0.4) is 0 Å². The zero-order chi connectivity index (χ0) is 17.7. The number of hydrogen-bond donors (Lipinski definition) is 1. The van der Waals surface area contributed by atoms with E-state index in [-0.39, 0.29) is 18.3 Å². The number of nitrogens with zero attached hydrogens (tertiary/aromatic N) is 1. The topological polar surface area (TPSA) is 65.6 Å². The lowest BCUT2D eigenvalue weighted by atomic mass is 10.0. The molecule has 134 valence electrons. The van der Waals surface area contributed by atoms with Crippen LogP contribution in [0.1, 0.15) is 39.5 Å². The second kappa shape index (κ2) is 5.92. The van der Waals surface area contributed by atoms with Gasteiger partial charge in [-0.1, -0.05) is 30.3 Å². The summed E-state index contributed by atoms with van der Waals surface area (Å²) in [7, 11) is 0. The molecular formula is C19H24N2O4. The Hall–Kier alpha value is -1.73. The first-order valence-electron chi connectivity index (χ1n) is 8.61. The summed E-state index contributed by atoms with van der Waals surface area (Å²) >= 11 is 0. The van der Waals surface area contributed by atoms with Gasteiger partial charge < -0.3 is 18.9 Å². The van der Waals surface area contributed by atoms with Crippen molar-refractivity contribution < 1.29 is 18.9 Å². The van der Waals surface area contributed by atoms with Gasteiger partial charge in [-0.15, -0.1) is 0 Å². The Kier molecular flexibility index (Phi) is 3.96. The fourth-order valence-electron chi connectivity index (χ4n) is 3.42. The molecule has 3 atom stereocenters. The zero-order valence-corrected chi connectivity index (χ0v) is 15.0. The van der Waals surface area contributed by atoms with Gasteiger partial charge in [-0.05, 0) is 33.8 Å². The van der Waals surface area contributed by atoms with E-state index in [9.17, 15) is 0 Å². The third-order valence-corrected chi connectivity index (χ3v) is 4.50. The van der Waals surface area contributed by atoms with Crippen LogP contribution in [0.4, 0.5) is 0 Å². The molecule has 0 spiro atoms. The highest BCUT2D eigenvalue weighted by molar-refractivity contribution is 5.59. The highest BCUT2D eigenvalue weighted by atomic mass is 16.8. The lowest BCUT2D eigenvalue weighted by molar-refractivity contribution is -0.174. The van der Waals surface area contributed by atoms with Crippen molar-refractivity contribution in [2.45, 2.75) is 57.6 Å². The molecule has 1 aromatic heterocycles. The minimum Gasteiger partial charge on any atom is -0.348 e. The van der Waals surface area contributed by atoms with Gasteiger partial charge in [-0.2, -0.15) is 5.10 Å². The average Bonchev–Trinajstić information content (AvgIpc) is 3.25. The third-order valence-electron chi connectivity index (χ3n) is 4.50. The molecular weight excluding hydrogens is 320 g/mol. The monoisotopic (exact) mass is 344 g/mol. The average molecular weight is 344 g/mol. The molecule has 2 fully saturated rings. The molecule has 0 saturated carbocycles. The van der Waals surface area contributed by atoms with Crippen LogP contribution < -0.4 is 0 Å². The minimum atomic E-state index is -0.691. The lowest BCUT2D eigenvalue weighted by Crippen LogP contribution is -2.35. The van der Waals surface area contributed by atoms with Gasteiger partial charge in [0.25, 0.3) is 0 Å². The second-order valence-electron chi connectivity index (χ2n) is 7.46. The molecule has 0 unspecified atom stereocenters. The molecule has 4 rings (SSSR count). The van der Waals surface area contributed by atoms with Crippen molar-refractivity contribution in [3.8, 4) is 11.3 Å². The highest BCUT2D eigenvalue weighted by Gasteiger charge is 2.50. The number of ether oxygens (including phenoxy) is 4. The van der Waals surface area contributed by atoms with Crippen LogP contribution in [0.25, 0.3) is 11.3 Å². The van der Waals surface area contributed by atoms with Crippen LogP contribution >= 0.6 is 0 Å². The molecule has 25 heavy (non-hydrogen) atoms. The molecule has 2 aromatic rings. The Morgan fingerprint density at radius 2 is 1.76 bits per heavy atom. The van der Waals surface area contributed by atoms with Gasteiger partial charge in [0.1, 0.15) is 18.3 Å². The van der Waals surface area contributed by atoms with Crippen molar-refractivity contribution in [3.05, 3.63) is 42.1 Å². The van der Waals surface area contributed by atoms with Gasteiger partial charge in [0.15, 0.2) is 11.6 Å². The van der Waals surface area contributed by atoms with Crippen LogP contribution in [0.15, 0.2) is 36.4 Å². The molecule has 0 aliphatic carbocycles. The Balaban J connectivity index is 1.60. The summed E-state index contributed by atoms with van der Waals surface area (Å²) in [5.74, 6) is -1.29. The summed E-state index contributed by atoms with van der Waals surface area (Å²) in [5, 5.41) is 7.54. The lowest BCUT2D eigenvalue weighted by Gasteiger charge is -2.23. The number of H-pyrrole nitrogens is 1. The van der Waals surface area contributed by atoms with Gasteiger partial charge in [0, 0.05) is 5.56 Å². The molecule has 1 aromatic carbocycles. The van der Waals surface area contributed by atoms with Crippen LogP contribution in [0.5, 0.6) is 0 Å². The van der Waals surface area contributed by atoms with Crippen molar-refractivity contribution in [2.24, 2.45) is 0 Å². The number of aromatic amines is 1. The summed E-state index contributed by atoms with van der Waals surface area (Å²) in [6.45, 7) is 8.12. The number of hydrogen-bond acceptors (Lipinski definition) is 5. The maximum atomic E-state index is 6.15. The fourth-order valence-corrected chi connectivity index (χ4v) is 3.42. The zero-order valence-electron chi connectivity index (χ0n) is 15.0. The molecule has 0 radical (unpaired) electrons. The van der Waals surface area contributed by atoms with Crippen molar-refractivity contribution in [1.29, 1.82) is 0 Å². The van der Waals surface area contributed by atoms with Gasteiger partial charge in [0.05, 0.1) is 18.0 Å². The number of rotatable bonds is 3. The minimum absolute atomic E-state index is 0.190. The van der Waals surface area contributed by atoms with E-state index in [1.54, 1.807) is 0 Å². The molecule has 0 amide bonds. The fraction of sp³-hybridized carbons (Fsp3) is 0.526. The predicted molar refractivity (Wildman–Crippen MR) is 91.7 cm³/mol. The van der Waals surface area contributed by atoms with Crippen LogP contribution in [-0.4, -0.2) is 40.6 Å². The highest BCUT2D eigenvalue weighted by Crippen LogP contribution is 2.42. The Bertz CT molecular complexity index is 741. The van der Waals surface area contributed by atoms with E-state index < -0.39 is 11.6 Å². The quantitative estimate of drug-likeness (QED) is 0.924. The van der Waals surface area contributed by atoms with E-state index in [0.29, 0.717) is 6.61 Å². The maximum absolute atomic E-state index is 6.15. The summed E-state index contributed by atoms with van der Waals surface area (Å²) in [4.78, 5) is 0. The maximum Gasteiger partial charge on any atom is 0.164 e. The SMILES string of the molecule is CC1(C)O[C@H]([C@H]2COC(C)(C)O2)[C@@H](c2cc(-c3ccccc3)n[nH]2)O1. The van der Waals surface area contributed by atoms with E-state index >= 15 is 0 Å². The largest absolute Gasteiger partial charge is 0.348 e. The summed E-state index contributed by atoms with van der Waals surface area (Å²) in [6, 6.07) is 12.1. The van der Waals surface area contributed by atoms with Gasteiger partial charge in [-0.3, -0.25) is 5.10 Å². The van der Waals surface area contributed by atoms with E-state index in [0.717, 1.165) is 17.0 Å². The second-order valence-corrected chi connectivity index (χ2v) is 7.46. The van der Waals surface area contributed by atoms with Gasteiger partial charge in [0.2, 0.25) is 0 Å². The van der Waals surface area contributed by atoms with Crippen molar-refractivity contribution >= 4 is 0 Å². The van der Waals surface area contributed by atoms with Crippen LogP contribution in [0, 0.1) is 0 Å². The predicted octanol–water partition coefficient (Wildman–Crippen LogP) is 3.42. The summed E-state index contributed by atoms with van der Waals surface area (Å²) < 4.78 is 24.0. The standard InChI is InChI=1S/C19H24N2O4/c1-18(2)22-11-15(23-18)17-16(24-19(3,4)25-17)14-10-13(20-21-14)12-8-6-5-7-9-12/h5-10,15-17H,11H2,1-4H3,(H,20,21)/t15-,16-,17-/m1/s1. The van der Waals surface area contributed by atoms with Crippen molar-refractivity contribution in [2.75, 3.05) is 6.61 Å². The molecule has 3 heterocycles. The van der Waals surface area contributed by atoms with Gasteiger partial charge >= 0.3 is 0 Å². The first-order valence-corrected chi connectivity index (χ1v) is 8.61. The molecule has 2 saturated heterocycles. The molecule has 6 nitrogen and oxygen atoms in total. The Morgan fingerprint density at radius 3 is 2.44 bits per heavy atom. The van der Waals surface area contributed by atoms with E-state index in [2.05, 4.69) is 10.2 Å². The van der Waals surface area contributed by atoms with Crippen LogP contribution in [0.2, 0.25) is 0 Å². The Morgan fingerprint density at radius 1 is 1.00 bits per heavy atom. The smallest absolute Gasteiger partial charge is 0.164 e. The summed E-state index contributed by atoms with van der Waals surface area (Å²) in [5.41, 5.74) is 2.82. The molecule has 1 N–H and O–H groups in total. The van der Waals surface area contributed by atoms with Crippen molar-refractivity contribution in [3.63, 3.8) is 0 Å². The molecule has 2 aliphatic rings. The van der Waals surface area contributed by atoms with E-state index in [1.165, 1.54) is 0 Å². The van der Waals surface area contributed by atoms with E-state index in [1.807, 2.05) is 64.1 Å². The van der Waals surface area contributed by atoms with E-state index in [4.69, 9.17) is 18.9 Å². The van der Waals surface area contributed by atoms with Crippen molar-refractivity contribution in [1.82, 2.24) is 10.2 Å². The summed E-state index contributed by atoms with van der Waals surface area (Å²) in [6.07, 6.45) is -0.742. The number of benzene rings is 1. The molecule has 6 heteroatoms. The number of nitrogens with one attached hydrogen (secondary N) is 1. The first kappa shape index (κ1) is 16.7. The first-order chi connectivity index (χ1) is 11.8.